The summed E-state index contributed by atoms with van der Waals surface area (Å²) >= 11 is 0. The first-order valence-electron chi connectivity index (χ1n) is 5.37. The van der Waals surface area contributed by atoms with E-state index in [9.17, 15) is 8.42 Å². The second-order valence-corrected chi connectivity index (χ2v) is 7.50. The Kier molecular flexibility index (Phi) is 2.39. The first-order valence-corrected chi connectivity index (χ1v) is 7.19. The molecule has 2 fully saturated rings. The van der Waals surface area contributed by atoms with Gasteiger partial charge in [-0.2, -0.15) is 0 Å². The van der Waals surface area contributed by atoms with Crippen LogP contribution in [0.5, 0.6) is 0 Å². The Labute approximate surface area is 86.2 Å². The molecule has 0 aromatic rings. The number of nitrogens with one attached hydrogen (secondary N) is 1. The predicted octanol–water partition coefficient (Wildman–Crippen LogP) is 0.952. The van der Waals surface area contributed by atoms with Crippen molar-refractivity contribution in [2.24, 2.45) is 5.92 Å². The highest BCUT2D eigenvalue weighted by Crippen LogP contribution is 2.31. The highest BCUT2D eigenvalue weighted by Gasteiger charge is 2.41. The lowest BCUT2D eigenvalue weighted by atomic mass is 9.80. The molecule has 0 aromatic carbocycles. The smallest absolute Gasteiger partial charge is 0.152 e. The molecule has 4 heteroatoms. The van der Waals surface area contributed by atoms with Crippen LogP contribution in [0.15, 0.2) is 0 Å². The van der Waals surface area contributed by atoms with Crippen molar-refractivity contribution in [2.75, 3.05) is 11.5 Å². The van der Waals surface area contributed by atoms with E-state index < -0.39 is 9.84 Å². The van der Waals surface area contributed by atoms with Gasteiger partial charge in [-0.15, -0.1) is 0 Å². The van der Waals surface area contributed by atoms with E-state index in [0.29, 0.717) is 17.5 Å². The fourth-order valence-corrected chi connectivity index (χ4v) is 4.74. The molecule has 3 nitrogen and oxygen atoms in total. The minimum Gasteiger partial charge on any atom is -0.308 e. The molecule has 0 aromatic heterocycles. The number of rotatable bonds is 2. The number of sulfone groups is 1. The lowest BCUT2D eigenvalue weighted by molar-refractivity contribution is 0.194. The highest BCUT2D eigenvalue weighted by atomic mass is 32.2. The van der Waals surface area contributed by atoms with Gasteiger partial charge in [-0.05, 0) is 32.1 Å². The second kappa shape index (κ2) is 3.20. The molecule has 1 saturated carbocycles. The molecule has 0 bridgehead atoms. The molecule has 1 heterocycles. The molecule has 2 aliphatic rings. The fourth-order valence-electron chi connectivity index (χ4n) is 2.64. The van der Waals surface area contributed by atoms with Crippen molar-refractivity contribution >= 4 is 9.84 Å². The molecular weight excluding hydrogens is 198 g/mol. The van der Waals surface area contributed by atoms with Crippen LogP contribution in [0.4, 0.5) is 0 Å². The zero-order chi connectivity index (χ0) is 10.4. The van der Waals surface area contributed by atoms with Crippen molar-refractivity contribution in [3.05, 3.63) is 0 Å². The molecule has 0 radical (unpaired) electrons. The highest BCUT2D eigenvalue weighted by molar-refractivity contribution is 7.91. The molecule has 1 N–H and O–H groups in total. The van der Waals surface area contributed by atoms with Crippen LogP contribution < -0.4 is 5.32 Å². The summed E-state index contributed by atoms with van der Waals surface area (Å²) in [5.74, 6) is 1.50. The van der Waals surface area contributed by atoms with Crippen LogP contribution in [-0.2, 0) is 9.84 Å². The predicted molar refractivity (Wildman–Crippen MR) is 57.0 cm³/mol. The van der Waals surface area contributed by atoms with Gasteiger partial charge in [0.2, 0.25) is 0 Å². The van der Waals surface area contributed by atoms with Gasteiger partial charge in [0.15, 0.2) is 9.84 Å². The van der Waals surface area contributed by atoms with Crippen molar-refractivity contribution < 1.29 is 8.42 Å². The lowest BCUT2D eigenvalue weighted by Gasteiger charge is -2.39. The van der Waals surface area contributed by atoms with E-state index in [1.54, 1.807) is 0 Å². The first-order chi connectivity index (χ1) is 6.39. The summed E-state index contributed by atoms with van der Waals surface area (Å²) in [6.07, 6.45) is 3.19. The Morgan fingerprint density at radius 3 is 2.43 bits per heavy atom. The van der Waals surface area contributed by atoms with Crippen LogP contribution in [-0.4, -0.2) is 31.5 Å². The summed E-state index contributed by atoms with van der Waals surface area (Å²) in [5.41, 5.74) is -0.149. The van der Waals surface area contributed by atoms with Crippen molar-refractivity contribution in [1.29, 1.82) is 0 Å². The topological polar surface area (TPSA) is 46.2 Å². The summed E-state index contributed by atoms with van der Waals surface area (Å²) in [6, 6.07) is 0.559. The van der Waals surface area contributed by atoms with Gasteiger partial charge in [-0.1, -0.05) is 6.92 Å². The molecule has 14 heavy (non-hydrogen) atoms. The van der Waals surface area contributed by atoms with Gasteiger partial charge in [0.1, 0.15) is 0 Å². The normalized spacial score (nSPS) is 46.1. The Morgan fingerprint density at radius 2 is 2.00 bits per heavy atom. The SMILES string of the molecule is CC1CC(NC2(C)CCS(=O)(=O)C2)C1. The van der Waals surface area contributed by atoms with Gasteiger partial charge in [-0.25, -0.2) is 8.42 Å². The molecule has 1 saturated heterocycles. The average Bonchev–Trinajstić information content (AvgIpc) is 2.23. The quantitative estimate of drug-likeness (QED) is 0.749. The molecule has 1 aliphatic heterocycles. The van der Waals surface area contributed by atoms with Gasteiger partial charge < -0.3 is 5.32 Å². The Balaban J connectivity index is 1.92. The summed E-state index contributed by atoms with van der Waals surface area (Å²) in [5, 5.41) is 3.50. The van der Waals surface area contributed by atoms with Crippen LogP contribution in [0.25, 0.3) is 0 Å². The van der Waals surface area contributed by atoms with Crippen molar-refractivity contribution in [3.63, 3.8) is 0 Å². The van der Waals surface area contributed by atoms with E-state index in [0.717, 1.165) is 12.3 Å². The minimum absolute atomic E-state index is 0.149. The molecular formula is C10H19NO2S. The Morgan fingerprint density at radius 1 is 1.36 bits per heavy atom. The monoisotopic (exact) mass is 217 g/mol. The number of hydrogen-bond acceptors (Lipinski definition) is 3. The van der Waals surface area contributed by atoms with Gasteiger partial charge in [0.05, 0.1) is 11.5 Å². The van der Waals surface area contributed by atoms with Crippen LogP contribution >= 0.6 is 0 Å². The molecule has 0 amide bonds. The maximum Gasteiger partial charge on any atom is 0.152 e. The molecule has 0 spiro atoms. The lowest BCUT2D eigenvalue weighted by Crippen LogP contribution is -2.53. The number of hydrogen-bond donors (Lipinski definition) is 1. The Bertz CT molecular complexity index is 319. The molecule has 1 unspecified atom stereocenters. The third-order valence-electron chi connectivity index (χ3n) is 3.43. The van der Waals surface area contributed by atoms with E-state index >= 15 is 0 Å². The van der Waals surface area contributed by atoms with Crippen molar-refractivity contribution in [3.8, 4) is 0 Å². The van der Waals surface area contributed by atoms with E-state index in [4.69, 9.17) is 0 Å². The zero-order valence-corrected chi connectivity index (χ0v) is 9.73. The average molecular weight is 217 g/mol. The van der Waals surface area contributed by atoms with E-state index in [2.05, 4.69) is 12.2 Å². The molecule has 2 rings (SSSR count). The largest absolute Gasteiger partial charge is 0.308 e. The third-order valence-corrected chi connectivity index (χ3v) is 5.33. The molecule has 82 valence electrons. The van der Waals surface area contributed by atoms with E-state index in [-0.39, 0.29) is 5.54 Å². The standard InChI is InChI=1S/C10H19NO2S/c1-8-5-9(6-8)11-10(2)3-4-14(12,13)7-10/h8-9,11H,3-7H2,1-2H3. The Hall–Kier alpha value is -0.0900. The van der Waals surface area contributed by atoms with Gasteiger partial charge in [0.25, 0.3) is 0 Å². The van der Waals surface area contributed by atoms with Crippen LogP contribution in [0.2, 0.25) is 0 Å². The van der Waals surface area contributed by atoms with Crippen LogP contribution in [0.3, 0.4) is 0 Å². The first kappa shape index (κ1) is 10.4. The maximum atomic E-state index is 11.4. The van der Waals surface area contributed by atoms with Crippen molar-refractivity contribution in [1.82, 2.24) is 5.32 Å². The van der Waals surface area contributed by atoms with Crippen LogP contribution in [0.1, 0.15) is 33.1 Å². The van der Waals surface area contributed by atoms with E-state index in [1.807, 2.05) is 6.92 Å². The van der Waals surface area contributed by atoms with Gasteiger partial charge >= 0.3 is 0 Å². The fraction of sp³-hybridized carbons (Fsp3) is 1.00. The maximum absolute atomic E-state index is 11.4. The van der Waals surface area contributed by atoms with Crippen LogP contribution in [0, 0.1) is 5.92 Å². The summed E-state index contributed by atoms with van der Waals surface area (Å²) < 4.78 is 22.7. The zero-order valence-electron chi connectivity index (χ0n) is 8.91. The van der Waals surface area contributed by atoms with E-state index in [1.165, 1.54) is 12.8 Å². The minimum atomic E-state index is -2.76. The van der Waals surface area contributed by atoms with Crippen molar-refractivity contribution in [2.45, 2.75) is 44.7 Å². The second-order valence-electron chi connectivity index (χ2n) is 5.32. The third kappa shape index (κ3) is 2.11. The molecule has 1 aliphatic carbocycles. The van der Waals surface area contributed by atoms with Gasteiger partial charge in [-0.3, -0.25) is 0 Å². The van der Waals surface area contributed by atoms with Gasteiger partial charge in [0, 0.05) is 11.6 Å². The summed E-state index contributed by atoms with van der Waals surface area (Å²) in [6.45, 7) is 4.28. The molecule has 1 atom stereocenters. The summed E-state index contributed by atoms with van der Waals surface area (Å²) in [4.78, 5) is 0. The summed E-state index contributed by atoms with van der Waals surface area (Å²) in [7, 11) is -2.76.